The molecule has 1 aromatic heterocycles. The predicted octanol–water partition coefficient (Wildman–Crippen LogP) is 3.13. The smallest absolute Gasteiger partial charge is 0.0535 e. The van der Waals surface area contributed by atoms with E-state index in [0.29, 0.717) is 6.54 Å². The second-order valence-corrected chi connectivity index (χ2v) is 6.82. The van der Waals surface area contributed by atoms with Crippen LogP contribution in [0.5, 0.6) is 0 Å². The van der Waals surface area contributed by atoms with Crippen molar-refractivity contribution in [2.75, 3.05) is 19.6 Å². The minimum Gasteiger partial charge on any atom is -0.329 e. The Balaban J connectivity index is 0.00000264. The fourth-order valence-electron chi connectivity index (χ4n) is 2.71. The summed E-state index contributed by atoms with van der Waals surface area (Å²) in [6.45, 7) is 10.1. The van der Waals surface area contributed by atoms with E-state index in [1.807, 2.05) is 6.20 Å². The standard InChI is InChI=1S/C18H28N4.ClH/c1-18(2,3)17-16(13-20-21-17)14-22(12-10-19)11-9-15-7-5-4-6-8-15;/h4-8,13H,9-12,14,19H2,1-3H3,(H,20,21);1H. The van der Waals surface area contributed by atoms with Crippen molar-refractivity contribution in [2.45, 2.75) is 39.2 Å². The second-order valence-electron chi connectivity index (χ2n) is 6.82. The second kappa shape index (κ2) is 9.06. The Labute approximate surface area is 145 Å². The van der Waals surface area contributed by atoms with Gasteiger partial charge < -0.3 is 5.73 Å². The lowest BCUT2D eigenvalue weighted by Gasteiger charge is -2.24. The van der Waals surface area contributed by atoms with E-state index in [4.69, 9.17) is 5.73 Å². The van der Waals surface area contributed by atoms with Crippen LogP contribution in [-0.2, 0) is 18.4 Å². The number of benzene rings is 1. The quantitative estimate of drug-likeness (QED) is 0.816. The van der Waals surface area contributed by atoms with E-state index in [2.05, 4.69) is 66.2 Å². The molecule has 0 spiro atoms. The molecular formula is C18H29ClN4. The molecule has 0 aliphatic carbocycles. The first kappa shape index (κ1) is 19.7. The first-order chi connectivity index (χ1) is 10.5. The Morgan fingerprint density at radius 1 is 1.13 bits per heavy atom. The molecule has 2 aromatic rings. The van der Waals surface area contributed by atoms with Crippen LogP contribution in [0, 0.1) is 0 Å². The summed E-state index contributed by atoms with van der Waals surface area (Å²) >= 11 is 0. The molecule has 3 N–H and O–H groups in total. The van der Waals surface area contributed by atoms with Gasteiger partial charge in [0.05, 0.1) is 6.20 Å². The van der Waals surface area contributed by atoms with E-state index in [1.165, 1.54) is 16.8 Å². The third-order valence-electron chi connectivity index (χ3n) is 3.87. The SMILES string of the molecule is CC(C)(C)c1[nH]ncc1CN(CCN)CCc1ccccc1.Cl. The molecule has 0 aliphatic rings. The third kappa shape index (κ3) is 5.98. The van der Waals surface area contributed by atoms with Gasteiger partial charge in [-0.2, -0.15) is 5.10 Å². The number of halogens is 1. The van der Waals surface area contributed by atoms with Crippen molar-refractivity contribution in [1.82, 2.24) is 15.1 Å². The summed E-state index contributed by atoms with van der Waals surface area (Å²) in [5.41, 5.74) is 9.73. The summed E-state index contributed by atoms with van der Waals surface area (Å²) in [4.78, 5) is 2.41. The summed E-state index contributed by atoms with van der Waals surface area (Å²) in [7, 11) is 0. The lowest BCUT2D eigenvalue weighted by Crippen LogP contribution is -2.31. The molecule has 0 saturated carbocycles. The Morgan fingerprint density at radius 2 is 1.83 bits per heavy atom. The number of nitrogens with one attached hydrogen (secondary N) is 1. The summed E-state index contributed by atoms with van der Waals surface area (Å²) in [6.07, 6.45) is 3.00. The van der Waals surface area contributed by atoms with Crippen LogP contribution >= 0.6 is 12.4 Å². The molecule has 1 heterocycles. The van der Waals surface area contributed by atoms with Crippen LogP contribution < -0.4 is 5.73 Å². The average molecular weight is 337 g/mol. The monoisotopic (exact) mass is 336 g/mol. The van der Waals surface area contributed by atoms with Crippen LogP contribution in [0.1, 0.15) is 37.6 Å². The molecule has 0 bridgehead atoms. The molecule has 0 fully saturated rings. The summed E-state index contributed by atoms with van der Waals surface area (Å²) < 4.78 is 0. The Morgan fingerprint density at radius 3 is 2.43 bits per heavy atom. The zero-order valence-electron chi connectivity index (χ0n) is 14.4. The van der Waals surface area contributed by atoms with Crippen LogP contribution in [0.15, 0.2) is 36.5 Å². The number of hydrogen-bond acceptors (Lipinski definition) is 3. The molecule has 0 atom stereocenters. The number of H-pyrrole nitrogens is 1. The number of nitrogens with two attached hydrogens (primary N) is 1. The normalized spacial score (nSPS) is 11.5. The van der Waals surface area contributed by atoms with Crippen LogP contribution in [0.2, 0.25) is 0 Å². The minimum atomic E-state index is 0. The topological polar surface area (TPSA) is 57.9 Å². The fourth-order valence-corrected chi connectivity index (χ4v) is 2.71. The molecule has 0 amide bonds. The van der Waals surface area contributed by atoms with Gasteiger partial charge in [0, 0.05) is 42.9 Å². The molecule has 0 saturated heterocycles. The number of nitrogens with zero attached hydrogens (tertiary/aromatic N) is 2. The lowest BCUT2D eigenvalue weighted by molar-refractivity contribution is 0.274. The van der Waals surface area contributed by atoms with E-state index >= 15 is 0 Å². The molecule has 1 aromatic carbocycles. The molecule has 0 unspecified atom stereocenters. The number of hydrogen-bond donors (Lipinski definition) is 2. The Hall–Kier alpha value is -1.36. The van der Waals surface area contributed by atoms with Gasteiger partial charge in [-0.05, 0) is 12.0 Å². The van der Waals surface area contributed by atoms with Crippen molar-refractivity contribution < 1.29 is 0 Å². The number of aromatic amines is 1. The van der Waals surface area contributed by atoms with E-state index in [1.54, 1.807) is 0 Å². The van der Waals surface area contributed by atoms with Crippen LogP contribution in [0.3, 0.4) is 0 Å². The Bertz CT molecular complexity index is 560. The molecule has 23 heavy (non-hydrogen) atoms. The van der Waals surface area contributed by atoms with Crippen LogP contribution in [0.4, 0.5) is 0 Å². The fraction of sp³-hybridized carbons (Fsp3) is 0.500. The maximum Gasteiger partial charge on any atom is 0.0535 e. The van der Waals surface area contributed by atoms with Gasteiger partial charge in [0.2, 0.25) is 0 Å². The van der Waals surface area contributed by atoms with Crippen molar-refractivity contribution in [1.29, 1.82) is 0 Å². The van der Waals surface area contributed by atoms with Gasteiger partial charge in [0.25, 0.3) is 0 Å². The molecule has 4 nitrogen and oxygen atoms in total. The highest BCUT2D eigenvalue weighted by Gasteiger charge is 2.21. The molecule has 5 heteroatoms. The first-order valence-corrected chi connectivity index (χ1v) is 8.00. The van der Waals surface area contributed by atoms with Gasteiger partial charge in [-0.25, -0.2) is 0 Å². The van der Waals surface area contributed by atoms with Gasteiger partial charge in [-0.1, -0.05) is 51.1 Å². The molecule has 0 radical (unpaired) electrons. The van der Waals surface area contributed by atoms with Gasteiger partial charge >= 0.3 is 0 Å². The van der Waals surface area contributed by atoms with Gasteiger partial charge in [-0.15, -0.1) is 12.4 Å². The highest BCUT2D eigenvalue weighted by Crippen LogP contribution is 2.24. The van der Waals surface area contributed by atoms with Crippen LogP contribution in [0.25, 0.3) is 0 Å². The van der Waals surface area contributed by atoms with Crippen molar-refractivity contribution in [3.05, 3.63) is 53.3 Å². The maximum absolute atomic E-state index is 5.79. The first-order valence-electron chi connectivity index (χ1n) is 8.00. The maximum atomic E-state index is 5.79. The Kier molecular flexibility index (Phi) is 7.76. The zero-order valence-corrected chi connectivity index (χ0v) is 15.2. The highest BCUT2D eigenvalue weighted by atomic mass is 35.5. The van der Waals surface area contributed by atoms with E-state index in [-0.39, 0.29) is 17.8 Å². The minimum absolute atomic E-state index is 0. The highest BCUT2D eigenvalue weighted by molar-refractivity contribution is 5.85. The number of rotatable bonds is 7. The van der Waals surface area contributed by atoms with Gasteiger partial charge in [-0.3, -0.25) is 10.00 Å². The van der Waals surface area contributed by atoms with Crippen molar-refractivity contribution >= 4 is 12.4 Å². The van der Waals surface area contributed by atoms with E-state index < -0.39 is 0 Å². The lowest BCUT2D eigenvalue weighted by atomic mass is 9.89. The predicted molar refractivity (Wildman–Crippen MR) is 99.0 cm³/mol. The average Bonchev–Trinajstić information content (AvgIpc) is 2.94. The summed E-state index contributed by atoms with van der Waals surface area (Å²) in [5, 5.41) is 7.40. The largest absolute Gasteiger partial charge is 0.329 e. The van der Waals surface area contributed by atoms with E-state index in [9.17, 15) is 0 Å². The molecule has 0 aliphatic heterocycles. The molecular weight excluding hydrogens is 308 g/mol. The van der Waals surface area contributed by atoms with Crippen LogP contribution in [-0.4, -0.2) is 34.7 Å². The van der Waals surface area contributed by atoms with E-state index in [0.717, 1.165) is 26.1 Å². The van der Waals surface area contributed by atoms with Crippen molar-refractivity contribution in [2.24, 2.45) is 5.73 Å². The zero-order chi connectivity index (χ0) is 16.0. The number of aromatic nitrogens is 2. The van der Waals surface area contributed by atoms with Crippen molar-refractivity contribution in [3.63, 3.8) is 0 Å². The molecule has 2 rings (SSSR count). The third-order valence-corrected chi connectivity index (χ3v) is 3.87. The van der Waals surface area contributed by atoms with Gasteiger partial charge in [0.15, 0.2) is 0 Å². The molecule has 128 valence electrons. The van der Waals surface area contributed by atoms with Crippen molar-refractivity contribution in [3.8, 4) is 0 Å². The van der Waals surface area contributed by atoms with Gasteiger partial charge in [0.1, 0.15) is 0 Å². The summed E-state index contributed by atoms with van der Waals surface area (Å²) in [6, 6.07) is 10.6. The summed E-state index contributed by atoms with van der Waals surface area (Å²) in [5.74, 6) is 0.